The summed E-state index contributed by atoms with van der Waals surface area (Å²) in [6.07, 6.45) is 0. The third kappa shape index (κ3) is 2.69. The lowest BCUT2D eigenvalue weighted by molar-refractivity contribution is -0.137. The minimum atomic E-state index is -0.343. The number of thiophene rings is 2. The summed E-state index contributed by atoms with van der Waals surface area (Å²) >= 11 is 4.24. The third-order valence-corrected chi connectivity index (χ3v) is 5.89. The Bertz CT molecular complexity index is 881. The predicted octanol–water partition coefficient (Wildman–Crippen LogP) is 2.99. The summed E-state index contributed by atoms with van der Waals surface area (Å²) in [5.74, 6) is -0.212. The van der Waals surface area contributed by atoms with Gasteiger partial charge in [0.25, 0.3) is 5.56 Å². The molecule has 5 nitrogen and oxygen atoms in total. The van der Waals surface area contributed by atoms with Crippen LogP contribution >= 0.6 is 34.4 Å². The number of ether oxygens (including phenoxy) is 1. The summed E-state index contributed by atoms with van der Waals surface area (Å²) in [6.45, 7) is 0. The van der Waals surface area contributed by atoms with Crippen molar-refractivity contribution in [3.05, 3.63) is 33.2 Å². The van der Waals surface area contributed by atoms with Crippen LogP contribution in [-0.2, 0) is 16.6 Å². The highest BCUT2D eigenvalue weighted by Crippen LogP contribution is 2.34. The molecule has 0 fully saturated rings. The fraction of sp³-hybridized carbons (Fsp3) is 0.214. The Balaban J connectivity index is 2.07. The van der Waals surface area contributed by atoms with Gasteiger partial charge in [0.05, 0.1) is 18.2 Å². The van der Waals surface area contributed by atoms with Crippen LogP contribution in [0.15, 0.2) is 32.8 Å². The van der Waals surface area contributed by atoms with E-state index in [1.54, 1.807) is 18.4 Å². The maximum Gasteiger partial charge on any atom is 0.316 e. The second-order valence-corrected chi connectivity index (χ2v) is 7.18. The van der Waals surface area contributed by atoms with Gasteiger partial charge in [0, 0.05) is 22.9 Å². The summed E-state index contributed by atoms with van der Waals surface area (Å²) in [5, 5.41) is 5.09. The van der Waals surface area contributed by atoms with Gasteiger partial charge in [-0.05, 0) is 11.4 Å². The van der Waals surface area contributed by atoms with E-state index in [1.165, 1.54) is 34.8 Å². The van der Waals surface area contributed by atoms with E-state index in [-0.39, 0.29) is 17.3 Å². The summed E-state index contributed by atoms with van der Waals surface area (Å²) in [4.78, 5) is 30.2. The molecule has 0 aliphatic rings. The first kappa shape index (κ1) is 15.3. The molecule has 0 aromatic carbocycles. The van der Waals surface area contributed by atoms with E-state index in [4.69, 9.17) is 0 Å². The van der Waals surface area contributed by atoms with Crippen LogP contribution in [-0.4, -0.2) is 28.4 Å². The van der Waals surface area contributed by atoms with E-state index >= 15 is 0 Å². The fourth-order valence-corrected chi connectivity index (χ4v) is 4.58. The standard InChI is InChI=1S/C14H12N2O3S3/c1-16-13(18)11-8(9-4-3-5-20-9)6-21-12(11)15-14(16)22-7-10(17)19-2/h3-6H,7H2,1-2H3. The molecule has 8 heteroatoms. The number of aromatic nitrogens is 2. The van der Waals surface area contributed by atoms with Crippen LogP contribution in [0, 0.1) is 0 Å². The average molecular weight is 352 g/mol. The fourth-order valence-electron chi connectivity index (χ4n) is 1.98. The maximum absolute atomic E-state index is 12.6. The molecule has 0 saturated carbocycles. The number of esters is 1. The van der Waals surface area contributed by atoms with E-state index in [0.717, 1.165) is 10.4 Å². The SMILES string of the molecule is COC(=O)CSc1nc2scc(-c3cccs3)c2c(=O)n1C. The number of fused-ring (bicyclic) bond motifs is 1. The Morgan fingerprint density at radius 3 is 2.95 bits per heavy atom. The van der Waals surface area contributed by atoms with Crippen molar-refractivity contribution in [1.82, 2.24) is 9.55 Å². The van der Waals surface area contributed by atoms with Gasteiger partial charge in [-0.25, -0.2) is 4.98 Å². The lowest BCUT2D eigenvalue weighted by Gasteiger charge is -2.06. The van der Waals surface area contributed by atoms with Crippen molar-refractivity contribution >= 4 is 50.6 Å². The molecule has 114 valence electrons. The summed E-state index contributed by atoms with van der Waals surface area (Å²) in [7, 11) is 3.01. The Labute approximate surface area is 138 Å². The van der Waals surface area contributed by atoms with Crippen LogP contribution in [0.5, 0.6) is 0 Å². The van der Waals surface area contributed by atoms with E-state index in [1.807, 2.05) is 22.9 Å². The predicted molar refractivity (Wildman–Crippen MR) is 90.9 cm³/mol. The molecule has 3 aromatic heterocycles. The van der Waals surface area contributed by atoms with Crippen LogP contribution in [0.25, 0.3) is 20.7 Å². The first-order valence-corrected chi connectivity index (χ1v) is 9.08. The number of carbonyl (C=O) groups excluding carboxylic acids is 1. The number of thioether (sulfide) groups is 1. The van der Waals surface area contributed by atoms with Crippen molar-refractivity contribution in [3.63, 3.8) is 0 Å². The highest BCUT2D eigenvalue weighted by Gasteiger charge is 2.16. The second-order valence-electron chi connectivity index (χ2n) is 4.43. The molecule has 3 aromatic rings. The van der Waals surface area contributed by atoms with Crippen LogP contribution < -0.4 is 5.56 Å². The molecule has 0 spiro atoms. The van der Waals surface area contributed by atoms with Crippen LogP contribution in [0.4, 0.5) is 0 Å². The van der Waals surface area contributed by atoms with Gasteiger partial charge in [0.15, 0.2) is 5.16 Å². The largest absolute Gasteiger partial charge is 0.468 e. The zero-order chi connectivity index (χ0) is 15.7. The Morgan fingerprint density at radius 2 is 2.27 bits per heavy atom. The van der Waals surface area contributed by atoms with Gasteiger partial charge < -0.3 is 4.74 Å². The molecule has 0 bridgehead atoms. The Morgan fingerprint density at radius 1 is 1.45 bits per heavy atom. The molecule has 0 atom stereocenters. The van der Waals surface area contributed by atoms with Crippen molar-refractivity contribution in [2.75, 3.05) is 12.9 Å². The lowest BCUT2D eigenvalue weighted by atomic mass is 10.2. The zero-order valence-corrected chi connectivity index (χ0v) is 14.3. The molecule has 0 amide bonds. The molecule has 0 aliphatic heterocycles. The van der Waals surface area contributed by atoms with Crippen LogP contribution in [0.3, 0.4) is 0 Å². The highest BCUT2D eigenvalue weighted by atomic mass is 32.2. The normalized spacial score (nSPS) is 11.0. The van der Waals surface area contributed by atoms with Gasteiger partial charge in [-0.3, -0.25) is 14.2 Å². The highest BCUT2D eigenvalue weighted by molar-refractivity contribution is 7.99. The number of nitrogens with zero attached hydrogens (tertiary/aromatic N) is 2. The lowest BCUT2D eigenvalue weighted by Crippen LogP contribution is -2.20. The first-order chi connectivity index (χ1) is 10.6. The first-order valence-electron chi connectivity index (χ1n) is 6.33. The quantitative estimate of drug-likeness (QED) is 0.410. The molecule has 0 saturated heterocycles. The molecule has 22 heavy (non-hydrogen) atoms. The van der Waals surface area contributed by atoms with Crippen molar-refractivity contribution in [2.24, 2.45) is 7.05 Å². The minimum absolute atomic E-state index is 0.0954. The second kappa shape index (κ2) is 6.23. The molecule has 0 radical (unpaired) electrons. The number of rotatable bonds is 4. The van der Waals surface area contributed by atoms with Crippen molar-refractivity contribution in [3.8, 4) is 10.4 Å². The Kier molecular flexibility index (Phi) is 4.32. The van der Waals surface area contributed by atoms with Gasteiger partial charge >= 0.3 is 5.97 Å². The maximum atomic E-state index is 12.6. The topological polar surface area (TPSA) is 61.2 Å². The molecule has 3 heterocycles. The number of hydrogen-bond acceptors (Lipinski definition) is 7. The smallest absolute Gasteiger partial charge is 0.316 e. The minimum Gasteiger partial charge on any atom is -0.468 e. The number of methoxy groups -OCH3 is 1. The monoisotopic (exact) mass is 352 g/mol. The van der Waals surface area contributed by atoms with Gasteiger partial charge in [-0.1, -0.05) is 17.8 Å². The summed E-state index contributed by atoms with van der Waals surface area (Å²) in [5.41, 5.74) is 0.828. The van der Waals surface area contributed by atoms with Crippen molar-refractivity contribution in [1.29, 1.82) is 0 Å². The zero-order valence-electron chi connectivity index (χ0n) is 11.9. The van der Waals surface area contributed by atoms with Gasteiger partial charge in [0.1, 0.15) is 4.83 Å². The Hall–Kier alpha value is -1.64. The number of hydrogen-bond donors (Lipinski definition) is 0. The van der Waals surface area contributed by atoms with E-state index < -0.39 is 0 Å². The van der Waals surface area contributed by atoms with Crippen LogP contribution in [0.1, 0.15) is 0 Å². The summed E-state index contributed by atoms with van der Waals surface area (Å²) < 4.78 is 6.10. The van der Waals surface area contributed by atoms with Crippen LogP contribution in [0.2, 0.25) is 0 Å². The van der Waals surface area contributed by atoms with Crippen molar-refractivity contribution < 1.29 is 9.53 Å². The average Bonchev–Trinajstić information content (AvgIpc) is 3.17. The van der Waals surface area contributed by atoms with E-state index in [2.05, 4.69) is 9.72 Å². The van der Waals surface area contributed by atoms with E-state index in [0.29, 0.717) is 15.4 Å². The third-order valence-electron chi connectivity index (χ3n) is 3.11. The van der Waals surface area contributed by atoms with Gasteiger partial charge in [-0.2, -0.15) is 0 Å². The molecular weight excluding hydrogens is 340 g/mol. The van der Waals surface area contributed by atoms with Gasteiger partial charge in [0.2, 0.25) is 0 Å². The molecule has 3 rings (SSSR count). The van der Waals surface area contributed by atoms with Crippen molar-refractivity contribution in [2.45, 2.75) is 5.16 Å². The summed E-state index contributed by atoms with van der Waals surface area (Å²) in [6, 6.07) is 3.95. The molecule has 0 unspecified atom stereocenters. The van der Waals surface area contributed by atoms with E-state index in [9.17, 15) is 9.59 Å². The number of carbonyl (C=O) groups is 1. The molecule has 0 aliphatic carbocycles. The van der Waals surface area contributed by atoms with Gasteiger partial charge in [-0.15, -0.1) is 22.7 Å². The molecule has 0 N–H and O–H groups in total. The molecular formula is C14H12N2O3S3.